The first-order chi connectivity index (χ1) is 10.8. The number of carbonyl (C=O) groups excluding carboxylic acids is 1. The maximum atomic E-state index is 12.3. The molecule has 0 aliphatic heterocycles. The zero-order valence-corrected chi connectivity index (χ0v) is 14.0. The Hall–Kier alpha value is -2.39. The van der Waals surface area contributed by atoms with Gasteiger partial charge in [-0.15, -0.1) is 0 Å². The summed E-state index contributed by atoms with van der Waals surface area (Å²) in [5, 5.41) is 6.19. The van der Waals surface area contributed by atoms with Crippen molar-refractivity contribution in [3.05, 3.63) is 35.6 Å². The molecule has 0 aliphatic carbocycles. The predicted molar refractivity (Wildman–Crippen MR) is 83.1 cm³/mol. The zero-order chi connectivity index (χ0) is 17.2. The molecule has 1 aromatic carbocycles. The average Bonchev–Trinajstić information content (AvgIpc) is 2.91. The number of methoxy groups -OCH3 is 1. The number of benzene rings is 1. The third-order valence-corrected chi connectivity index (χ3v) is 4.89. The zero-order valence-electron chi connectivity index (χ0n) is 13.2. The molecular weight excluding hydrogens is 322 g/mol. The van der Waals surface area contributed by atoms with E-state index in [0.717, 1.165) is 4.31 Å². The number of nitrogens with one attached hydrogen (secondary N) is 1. The second kappa shape index (κ2) is 6.39. The number of hydrogen-bond donors (Lipinski definition) is 1. The Kier molecular flexibility index (Phi) is 4.71. The molecule has 0 saturated carbocycles. The summed E-state index contributed by atoms with van der Waals surface area (Å²) in [5.41, 5.74) is 0.159. The number of hydrogen-bond acceptors (Lipinski definition) is 6. The second-order valence-corrected chi connectivity index (χ2v) is 7.05. The first-order valence-corrected chi connectivity index (χ1v) is 8.05. The van der Waals surface area contributed by atoms with E-state index in [0.29, 0.717) is 5.76 Å². The summed E-state index contributed by atoms with van der Waals surface area (Å²) in [5.74, 6) is 0.454. The Labute approximate surface area is 134 Å². The SMILES string of the molecule is COc1ccc(C(=O)Nc2cc(C)on2)cc1S(=O)(=O)N(C)C. The van der Waals surface area contributed by atoms with Crippen LogP contribution in [-0.2, 0) is 10.0 Å². The summed E-state index contributed by atoms with van der Waals surface area (Å²) in [7, 11) is 0.418. The molecule has 1 aromatic heterocycles. The van der Waals surface area contributed by atoms with E-state index >= 15 is 0 Å². The standard InChI is InChI=1S/C14H17N3O5S/c1-9-7-13(16-22-9)15-14(18)10-5-6-11(21-4)12(8-10)23(19,20)17(2)3/h5-8H,1-4H3,(H,15,16,18). The Bertz CT molecular complexity index is 827. The van der Waals surface area contributed by atoms with Crippen LogP contribution in [0.4, 0.5) is 5.82 Å². The summed E-state index contributed by atoms with van der Waals surface area (Å²) >= 11 is 0. The average molecular weight is 339 g/mol. The van der Waals surface area contributed by atoms with Crippen LogP contribution in [0.15, 0.2) is 33.7 Å². The quantitative estimate of drug-likeness (QED) is 0.885. The fraction of sp³-hybridized carbons (Fsp3) is 0.286. The molecule has 0 aliphatic rings. The van der Waals surface area contributed by atoms with Crippen LogP contribution in [0.25, 0.3) is 0 Å². The van der Waals surface area contributed by atoms with E-state index in [2.05, 4.69) is 10.5 Å². The highest BCUT2D eigenvalue weighted by Crippen LogP contribution is 2.27. The molecule has 0 unspecified atom stereocenters. The minimum absolute atomic E-state index is 0.0889. The number of rotatable bonds is 5. The van der Waals surface area contributed by atoms with Gasteiger partial charge in [-0.25, -0.2) is 12.7 Å². The molecule has 2 rings (SSSR count). The third kappa shape index (κ3) is 3.51. The number of anilines is 1. The highest BCUT2D eigenvalue weighted by molar-refractivity contribution is 7.89. The van der Waals surface area contributed by atoms with Crippen LogP contribution in [0.5, 0.6) is 5.75 Å². The van der Waals surface area contributed by atoms with Gasteiger partial charge in [0.15, 0.2) is 5.82 Å². The highest BCUT2D eigenvalue weighted by Gasteiger charge is 2.24. The Balaban J connectivity index is 2.39. The lowest BCUT2D eigenvalue weighted by Crippen LogP contribution is -2.23. The lowest BCUT2D eigenvalue weighted by Gasteiger charge is -2.15. The van der Waals surface area contributed by atoms with Gasteiger partial charge in [0.1, 0.15) is 16.4 Å². The summed E-state index contributed by atoms with van der Waals surface area (Å²) in [4.78, 5) is 12.1. The van der Waals surface area contributed by atoms with E-state index in [1.165, 1.54) is 39.4 Å². The van der Waals surface area contributed by atoms with Crippen LogP contribution in [0.3, 0.4) is 0 Å². The van der Waals surface area contributed by atoms with Gasteiger partial charge in [-0.2, -0.15) is 0 Å². The second-order valence-electron chi connectivity index (χ2n) is 4.93. The molecule has 2 aromatic rings. The maximum Gasteiger partial charge on any atom is 0.256 e. The minimum Gasteiger partial charge on any atom is -0.495 e. The molecule has 9 heteroatoms. The van der Waals surface area contributed by atoms with E-state index < -0.39 is 15.9 Å². The number of nitrogens with zero attached hydrogens (tertiary/aromatic N) is 2. The van der Waals surface area contributed by atoms with E-state index in [1.807, 2.05) is 0 Å². The maximum absolute atomic E-state index is 12.3. The van der Waals surface area contributed by atoms with Crippen molar-refractivity contribution < 1.29 is 22.5 Å². The van der Waals surface area contributed by atoms with Crippen molar-refractivity contribution in [2.45, 2.75) is 11.8 Å². The lowest BCUT2D eigenvalue weighted by molar-refractivity contribution is 0.102. The molecule has 0 saturated heterocycles. The molecule has 124 valence electrons. The van der Waals surface area contributed by atoms with Crippen molar-refractivity contribution in [3.63, 3.8) is 0 Å². The van der Waals surface area contributed by atoms with Crippen molar-refractivity contribution in [1.29, 1.82) is 0 Å². The normalized spacial score (nSPS) is 11.5. The molecule has 0 fully saturated rings. The smallest absolute Gasteiger partial charge is 0.256 e. The number of ether oxygens (including phenoxy) is 1. The van der Waals surface area contributed by atoms with E-state index in [-0.39, 0.29) is 22.0 Å². The van der Waals surface area contributed by atoms with Crippen molar-refractivity contribution in [3.8, 4) is 5.75 Å². The third-order valence-electron chi connectivity index (χ3n) is 3.05. The van der Waals surface area contributed by atoms with Crippen LogP contribution < -0.4 is 10.1 Å². The fourth-order valence-corrected chi connectivity index (χ4v) is 2.90. The molecular formula is C14H17N3O5S. The van der Waals surface area contributed by atoms with Gasteiger partial charge >= 0.3 is 0 Å². The topological polar surface area (TPSA) is 102 Å². The summed E-state index contributed by atoms with van der Waals surface area (Å²) in [6.07, 6.45) is 0. The molecule has 8 nitrogen and oxygen atoms in total. The van der Waals surface area contributed by atoms with Crippen LogP contribution in [-0.4, -0.2) is 45.0 Å². The molecule has 1 heterocycles. The van der Waals surface area contributed by atoms with Gasteiger partial charge in [0.2, 0.25) is 10.0 Å². The summed E-state index contributed by atoms with van der Waals surface area (Å²) in [6.45, 7) is 1.69. The van der Waals surface area contributed by atoms with Crippen LogP contribution in [0, 0.1) is 6.92 Å². The molecule has 23 heavy (non-hydrogen) atoms. The Morgan fingerprint density at radius 2 is 2.00 bits per heavy atom. The van der Waals surface area contributed by atoms with Crippen LogP contribution >= 0.6 is 0 Å². The van der Waals surface area contributed by atoms with Gasteiger partial charge in [0.25, 0.3) is 5.91 Å². The molecule has 0 bridgehead atoms. The number of amides is 1. The lowest BCUT2D eigenvalue weighted by atomic mass is 10.2. The highest BCUT2D eigenvalue weighted by atomic mass is 32.2. The van der Waals surface area contributed by atoms with Crippen molar-refractivity contribution in [1.82, 2.24) is 9.46 Å². The molecule has 0 atom stereocenters. The number of carbonyl (C=O) groups is 1. The monoisotopic (exact) mass is 339 g/mol. The Morgan fingerprint density at radius 1 is 1.30 bits per heavy atom. The van der Waals surface area contributed by atoms with Gasteiger partial charge in [-0.1, -0.05) is 5.16 Å². The minimum atomic E-state index is -3.75. The molecule has 0 radical (unpaired) electrons. The van der Waals surface area contributed by atoms with Crippen LogP contribution in [0.1, 0.15) is 16.1 Å². The summed E-state index contributed by atoms with van der Waals surface area (Å²) < 4.78 is 35.7. The van der Waals surface area contributed by atoms with Crippen LogP contribution in [0.2, 0.25) is 0 Å². The van der Waals surface area contributed by atoms with Gasteiger partial charge < -0.3 is 14.6 Å². The van der Waals surface area contributed by atoms with Crippen molar-refractivity contribution in [2.24, 2.45) is 0 Å². The van der Waals surface area contributed by atoms with Gasteiger partial charge in [-0.3, -0.25) is 4.79 Å². The molecule has 1 amide bonds. The van der Waals surface area contributed by atoms with E-state index in [9.17, 15) is 13.2 Å². The first-order valence-electron chi connectivity index (χ1n) is 6.61. The predicted octanol–water partition coefficient (Wildman–Crippen LogP) is 1.49. The number of aromatic nitrogens is 1. The number of sulfonamides is 1. The fourth-order valence-electron chi connectivity index (χ4n) is 1.83. The molecule has 0 spiro atoms. The largest absolute Gasteiger partial charge is 0.495 e. The van der Waals surface area contributed by atoms with Gasteiger partial charge in [-0.05, 0) is 25.1 Å². The first kappa shape index (κ1) is 17.0. The number of aryl methyl sites for hydroxylation is 1. The van der Waals surface area contributed by atoms with Gasteiger partial charge in [0.05, 0.1) is 7.11 Å². The van der Waals surface area contributed by atoms with Crippen molar-refractivity contribution >= 4 is 21.7 Å². The van der Waals surface area contributed by atoms with Crippen molar-refractivity contribution in [2.75, 3.05) is 26.5 Å². The van der Waals surface area contributed by atoms with E-state index in [1.54, 1.807) is 13.0 Å². The summed E-state index contributed by atoms with van der Waals surface area (Å²) in [6, 6.07) is 5.71. The Morgan fingerprint density at radius 3 is 2.52 bits per heavy atom. The van der Waals surface area contributed by atoms with Gasteiger partial charge in [0, 0.05) is 25.7 Å². The molecule has 1 N–H and O–H groups in total. The van der Waals surface area contributed by atoms with E-state index in [4.69, 9.17) is 9.26 Å².